The van der Waals surface area contributed by atoms with E-state index in [9.17, 15) is 17.6 Å². The normalized spacial score (nSPS) is 10.8. The molecule has 0 atom stereocenters. The van der Waals surface area contributed by atoms with Crippen LogP contribution >= 0.6 is 0 Å². The second-order valence-corrected chi connectivity index (χ2v) is 5.97. The lowest BCUT2D eigenvalue weighted by Gasteiger charge is -2.16. The smallest absolute Gasteiger partial charge is 0.321 e. The van der Waals surface area contributed by atoms with Gasteiger partial charge >= 0.3 is 6.03 Å². The summed E-state index contributed by atoms with van der Waals surface area (Å²) >= 11 is 0. The first kappa shape index (κ1) is 16.9. The van der Waals surface area contributed by atoms with Crippen LogP contribution in [0.4, 0.5) is 14.9 Å². The number of amides is 2. The Morgan fingerprint density at radius 2 is 2.14 bits per heavy atom. The monoisotopic (exact) mass is 314 g/mol. The molecule has 114 valence electrons. The number of carbonyl (C=O) groups is 1. The SMILES string of the molecule is CNS(=O)(=O)c1cc(NC(=O)N(C)CCC#N)ccc1F. The number of hydrogen-bond acceptors (Lipinski definition) is 4. The van der Waals surface area contributed by atoms with Crippen molar-refractivity contribution in [3.8, 4) is 6.07 Å². The van der Waals surface area contributed by atoms with Crippen LogP contribution in [-0.2, 0) is 10.0 Å². The lowest BCUT2D eigenvalue weighted by atomic mass is 10.3. The number of carbonyl (C=O) groups excluding carboxylic acids is 1. The highest BCUT2D eigenvalue weighted by molar-refractivity contribution is 7.89. The molecule has 0 aliphatic rings. The Morgan fingerprint density at radius 1 is 1.48 bits per heavy atom. The van der Waals surface area contributed by atoms with E-state index < -0.39 is 26.8 Å². The molecular formula is C12H15FN4O3S. The van der Waals surface area contributed by atoms with Gasteiger partial charge in [-0.15, -0.1) is 0 Å². The van der Waals surface area contributed by atoms with Gasteiger partial charge in [0.2, 0.25) is 10.0 Å². The molecule has 0 bridgehead atoms. The Bertz CT molecular complexity index is 670. The van der Waals surface area contributed by atoms with Crippen LogP contribution in [0, 0.1) is 17.1 Å². The molecule has 1 aromatic carbocycles. The predicted molar refractivity (Wildman–Crippen MR) is 74.5 cm³/mol. The Hall–Kier alpha value is -2.18. The van der Waals surface area contributed by atoms with Crippen LogP contribution < -0.4 is 10.0 Å². The lowest BCUT2D eigenvalue weighted by molar-refractivity contribution is 0.223. The molecule has 0 saturated carbocycles. The van der Waals surface area contributed by atoms with Gasteiger partial charge in [0.1, 0.15) is 10.7 Å². The number of nitriles is 1. The van der Waals surface area contributed by atoms with Crippen molar-refractivity contribution < 1.29 is 17.6 Å². The highest BCUT2D eigenvalue weighted by atomic mass is 32.2. The van der Waals surface area contributed by atoms with Crippen molar-refractivity contribution in [1.29, 1.82) is 5.26 Å². The van der Waals surface area contributed by atoms with Crippen molar-refractivity contribution >= 4 is 21.7 Å². The average Bonchev–Trinajstić information content (AvgIpc) is 2.46. The first-order valence-corrected chi connectivity index (χ1v) is 7.42. The van der Waals surface area contributed by atoms with Gasteiger partial charge in [-0.3, -0.25) is 0 Å². The lowest BCUT2D eigenvalue weighted by Crippen LogP contribution is -2.32. The summed E-state index contributed by atoms with van der Waals surface area (Å²) in [5.74, 6) is -0.916. The number of halogens is 1. The average molecular weight is 314 g/mol. The molecule has 9 heteroatoms. The summed E-state index contributed by atoms with van der Waals surface area (Å²) < 4.78 is 38.8. The highest BCUT2D eigenvalue weighted by Gasteiger charge is 2.18. The number of hydrogen-bond donors (Lipinski definition) is 2. The number of nitrogens with one attached hydrogen (secondary N) is 2. The number of urea groups is 1. The Balaban J connectivity index is 2.94. The zero-order valence-corrected chi connectivity index (χ0v) is 12.4. The molecule has 0 heterocycles. The molecule has 1 aromatic rings. The molecule has 0 spiro atoms. The molecule has 0 fully saturated rings. The van der Waals surface area contributed by atoms with Crippen molar-refractivity contribution in [2.75, 3.05) is 26.0 Å². The molecule has 0 saturated heterocycles. The minimum absolute atomic E-state index is 0.138. The molecule has 0 aliphatic carbocycles. The van der Waals surface area contributed by atoms with Crippen LogP contribution in [0.15, 0.2) is 23.1 Å². The summed E-state index contributed by atoms with van der Waals surface area (Å²) in [7, 11) is -1.30. The van der Waals surface area contributed by atoms with Crippen molar-refractivity contribution in [3.05, 3.63) is 24.0 Å². The van der Waals surface area contributed by atoms with Crippen molar-refractivity contribution in [1.82, 2.24) is 9.62 Å². The zero-order valence-electron chi connectivity index (χ0n) is 11.6. The fraction of sp³-hybridized carbons (Fsp3) is 0.333. The van der Waals surface area contributed by atoms with Crippen LogP contribution in [-0.4, -0.2) is 40.0 Å². The Labute approximate surface area is 122 Å². The second-order valence-electron chi connectivity index (χ2n) is 4.11. The summed E-state index contributed by atoms with van der Waals surface area (Å²) in [4.78, 5) is 12.5. The minimum Gasteiger partial charge on any atom is -0.327 e. The number of benzene rings is 1. The van der Waals surface area contributed by atoms with Gasteiger partial charge in [0.05, 0.1) is 12.5 Å². The maximum absolute atomic E-state index is 13.5. The number of rotatable bonds is 5. The molecule has 0 unspecified atom stereocenters. The summed E-state index contributed by atoms with van der Waals surface area (Å²) in [6, 6.07) is 4.61. The van der Waals surface area contributed by atoms with Gasteiger partial charge in [-0.1, -0.05) is 0 Å². The van der Waals surface area contributed by atoms with Crippen LogP contribution in [0.1, 0.15) is 6.42 Å². The maximum Gasteiger partial charge on any atom is 0.321 e. The van der Waals surface area contributed by atoms with E-state index in [4.69, 9.17) is 5.26 Å². The van der Waals surface area contributed by atoms with E-state index in [2.05, 4.69) is 5.32 Å². The summed E-state index contributed by atoms with van der Waals surface area (Å²) in [5.41, 5.74) is 0.138. The third kappa shape index (κ3) is 4.40. The molecule has 21 heavy (non-hydrogen) atoms. The first-order chi connectivity index (χ1) is 9.81. The summed E-state index contributed by atoms with van der Waals surface area (Å²) in [6.45, 7) is 0.227. The van der Waals surface area contributed by atoms with Gasteiger partial charge in [0, 0.05) is 19.3 Å². The molecule has 7 nitrogen and oxygen atoms in total. The van der Waals surface area contributed by atoms with Gasteiger partial charge in [0.15, 0.2) is 0 Å². The predicted octanol–water partition coefficient (Wildman–Crippen LogP) is 1.11. The van der Waals surface area contributed by atoms with E-state index >= 15 is 0 Å². The van der Waals surface area contributed by atoms with E-state index in [1.165, 1.54) is 18.0 Å². The first-order valence-electron chi connectivity index (χ1n) is 5.94. The van der Waals surface area contributed by atoms with Crippen LogP contribution in [0.5, 0.6) is 0 Å². The number of sulfonamides is 1. The summed E-state index contributed by atoms with van der Waals surface area (Å²) in [6.07, 6.45) is 0.173. The third-order valence-corrected chi connectivity index (χ3v) is 4.08. The van der Waals surface area contributed by atoms with Crippen molar-refractivity contribution in [2.24, 2.45) is 0 Å². The Kier molecular flexibility index (Phi) is 5.63. The molecule has 0 aromatic heterocycles. The second kappa shape index (κ2) is 7.01. The van der Waals surface area contributed by atoms with E-state index in [0.29, 0.717) is 0 Å². The molecule has 0 radical (unpaired) electrons. The van der Waals surface area contributed by atoms with Crippen molar-refractivity contribution in [3.63, 3.8) is 0 Å². The Morgan fingerprint density at radius 3 is 2.71 bits per heavy atom. The van der Waals surface area contributed by atoms with Crippen LogP contribution in [0.3, 0.4) is 0 Å². The fourth-order valence-corrected chi connectivity index (χ4v) is 2.26. The van der Waals surface area contributed by atoms with Gasteiger partial charge in [-0.25, -0.2) is 22.3 Å². The van der Waals surface area contributed by atoms with Gasteiger partial charge in [-0.2, -0.15) is 5.26 Å². The van der Waals surface area contributed by atoms with Gasteiger partial charge in [-0.05, 0) is 25.2 Å². The molecule has 2 N–H and O–H groups in total. The fourth-order valence-electron chi connectivity index (χ4n) is 1.44. The molecule has 2 amide bonds. The molecule has 0 aliphatic heterocycles. The highest BCUT2D eigenvalue weighted by Crippen LogP contribution is 2.19. The standard InChI is InChI=1S/C12H15FN4O3S/c1-15-21(19,20)11-8-9(4-5-10(11)13)16-12(18)17(2)7-3-6-14/h4-5,8,15H,3,7H2,1-2H3,(H,16,18). The van der Waals surface area contributed by atoms with Gasteiger partial charge in [0.25, 0.3) is 0 Å². The minimum atomic E-state index is -3.95. The van der Waals surface area contributed by atoms with Crippen LogP contribution in [0.2, 0.25) is 0 Å². The van der Waals surface area contributed by atoms with E-state index in [0.717, 1.165) is 19.2 Å². The molecular weight excluding hydrogens is 299 g/mol. The van der Waals surface area contributed by atoms with E-state index in [1.807, 2.05) is 10.8 Å². The van der Waals surface area contributed by atoms with Gasteiger partial charge < -0.3 is 10.2 Å². The summed E-state index contributed by atoms with van der Waals surface area (Å²) in [5, 5.41) is 10.9. The largest absolute Gasteiger partial charge is 0.327 e. The van der Waals surface area contributed by atoms with Crippen LogP contribution in [0.25, 0.3) is 0 Å². The third-order valence-electron chi connectivity index (χ3n) is 2.65. The topological polar surface area (TPSA) is 102 Å². The molecule has 1 rings (SSSR count). The van der Waals surface area contributed by atoms with Crippen molar-refractivity contribution in [2.45, 2.75) is 11.3 Å². The quantitative estimate of drug-likeness (QED) is 0.850. The maximum atomic E-state index is 13.5. The van der Waals surface area contributed by atoms with E-state index in [-0.39, 0.29) is 18.7 Å². The number of nitrogens with zero attached hydrogens (tertiary/aromatic N) is 2. The van der Waals surface area contributed by atoms with E-state index in [1.54, 1.807) is 0 Å². The zero-order chi connectivity index (χ0) is 16.0. The number of anilines is 1.